The first-order valence-corrected chi connectivity index (χ1v) is 6.92. The molecule has 0 heterocycles. The van der Waals surface area contributed by atoms with Crippen LogP contribution >= 0.6 is 0 Å². The van der Waals surface area contributed by atoms with Crippen molar-refractivity contribution in [3.8, 4) is 5.75 Å². The van der Waals surface area contributed by atoms with Gasteiger partial charge in [0.2, 0.25) is 0 Å². The van der Waals surface area contributed by atoms with Gasteiger partial charge in [-0.2, -0.15) is 0 Å². The highest BCUT2D eigenvalue weighted by Gasteiger charge is 2.14. The van der Waals surface area contributed by atoms with Crippen molar-refractivity contribution in [2.75, 3.05) is 32.1 Å². The molecule has 1 N–H and O–H groups in total. The minimum Gasteiger partial charge on any atom is -0.495 e. The van der Waals surface area contributed by atoms with Gasteiger partial charge in [-0.05, 0) is 45.4 Å². The molecule has 0 radical (unpaired) electrons. The highest BCUT2D eigenvalue weighted by atomic mass is 16.5. The van der Waals surface area contributed by atoms with Crippen molar-refractivity contribution in [2.24, 2.45) is 5.92 Å². The number of hydrogen-bond acceptors (Lipinski definition) is 3. The third-order valence-electron chi connectivity index (χ3n) is 3.06. The third kappa shape index (κ3) is 5.52. The van der Waals surface area contributed by atoms with Gasteiger partial charge in [-0.25, -0.2) is 0 Å². The number of hydrogen-bond donors (Lipinski definition) is 1. The summed E-state index contributed by atoms with van der Waals surface area (Å²) in [6.07, 6.45) is 0. The van der Waals surface area contributed by atoms with Crippen molar-refractivity contribution in [3.63, 3.8) is 0 Å². The lowest BCUT2D eigenvalue weighted by molar-refractivity contribution is 0.382. The molecular formula is C16H28N2O. The Kier molecular flexibility index (Phi) is 5.67. The van der Waals surface area contributed by atoms with Crippen LogP contribution in [0.2, 0.25) is 0 Å². The number of nitrogens with zero attached hydrogens (tertiary/aromatic N) is 1. The molecule has 0 saturated carbocycles. The fraction of sp³-hybridized carbons (Fsp3) is 0.625. The maximum absolute atomic E-state index is 5.40. The maximum Gasteiger partial charge on any atom is 0.142 e. The van der Waals surface area contributed by atoms with Gasteiger partial charge in [0, 0.05) is 19.1 Å². The summed E-state index contributed by atoms with van der Waals surface area (Å²) < 4.78 is 5.40. The van der Waals surface area contributed by atoms with Crippen LogP contribution in [0.3, 0.4) is 0 Å². The van der Waals surface area contributed by atoms with Gasteiger partial charge in [-0.3, -0.25) is 0 Å². The van der Waals surface area contributed by atoms with Crippen molar-refractivity contribution in [1.29, 1.82) is 0 Å². The highest BCUT2D eigenvalue weighted by Crippen LogP contribution is 2.26. The molecule has 3 nitrogen and oxygen atoms in total. The van der Waals surface area contributed by atoms with Crippen LogP contribution in [0.25, 0.3) is 0 Å². The van der Waals surface area contributed by atoms with Crippen LogP contribution in [0, 0.1) is 5.92 Å². The molecule has 0 bridgehead atoms. The van der Waals surface area contributed by atoms with E-state index >= 15 is 0 Å². The quantitative estimate of drug-likeness (QED) is 0.854. The largest absolute Gasteiger partial charge is 0.495 e. The van der Waals surface area contributed by atoms with Crippen LogP contribution in [-0.2, 0) is 0 Å². The molecule has 1 atom stereocenters. The topological polar surface area (TPSA) is 24.5 Å². The number of ether oxygens (including phenoxy) is 1. The van der Waals surface area contributed by atoms with E-state index in [1.807, 2.05) is 18.2 Å². The molecule has 108 valence electrons. The van der Waals surface area contributed by atoms with Crippen LogP contribution in [0.1, 0.15) is 27.7 Å². The lowest BCUT2D eigenvalue weighted by atomic mass is 10.1. The minimum atomic E-state index is 0.178. The molecule has 1 aromatic rings. The molecule has 3 heteroatoms. The number of benzene rings is 1. The maximum atomic E-state index is 5.40. The van der Waals surface area contributed by atoms with Crippen LogP contribution in [-0.4, -0.2) is 32.8 Å². The molecule has 1 rings (SSSR count). The van der Waals surface area contributed by atoms with Crippen molar-refractivity contribution < 1.29 is 4.74 Å². The second kappa shape index (κ2) is 6.80. The smallest absolute Gasteiger partial charge is 0.142 e. The Bertz CT molecular complexity index is 385. The summed E-state index contributed by atoms with van der Waals surface area (Å²) in [5, 5.41) is 3.55. The molecule has 0 aliphatic carbocycles. The Balaban J connectivity index is 2.56. The van der Waals surface area contributed by atoms with Crippen molar-refractivity contribution in [3.05, 3.63) is 24.3 Å². The summed E-state index contributed by atoms with van der Waals surface area (Å²) >= 11 is 0. The molecule has 1 unspecified atom stereocenters. The first kappa shape index (κ1) is 15.8. The summed E-state index contributed by atoms with van der Waals surface area (Å²) in [6.45, 7) is 10.9. The first-order chi connectivity index (χ1) is 8.83. The van der Waals surface area contributed by atoms with E-state index in [1.54, 1.807) is 7.11 Å². The molecule has 0 fully saturated rings. The molecule has 0 amide bonds. The van der Waals surface area contributed by atoms with Crippen molar-refractivity contribution in [2.45, 2.75) is 33.2 Å². The van der Waals surface area contributed by atoms with Crippen LogP contribution in [0.5, 0.6) is 5.75 Å². The Morgan fingerprint density at radius 2 is 1.89 bits per heavy atom. The predicted octanol–water partition coefficient (Wildman–Crippen LogP) is 3.16. The number of methoxy groups -OCH3 is 1. The van der Waals surface area contributed by atoms with Gasteiger partial charge in [0.15, 0.2) is 0 Å². The third-order valence-corrected chi connectivity index (χ3v) is 3.06. The van der Waals surface area contributed by atoms with Gasteiger partial charge in [0.1, 0.15) is 5.75 Å². The van der Waals surface area contributed by atoms with E-state index in [9.17, 15) is 0 Å². The minimum absolute atomic E-state index is 0.178. The molecule has 19 heavy (non-hydrogen) atoms. The van der Waals surface area contributed by atoms with E-state index < -0.39 is 0 Å². The number of anilines is 1. The first-order valence-electron chi connectivity index (χ1n) is 6.92. The standard InChI is InChI=1S/C16H28N2O/c1-13(11-17-16(2,3)4)12-18(5)14-9-7-8-10-15(14)19-6/h7-10,13,17H,11-12H2,1-6H3. The van der Waals surface area contributed by atoms with Crippen molar-refractivity contribution in [1.82, 2.24) is 5.32 Å². The van der Waals surface area contributed by atoms with Gasteiger partial charge in [0.05, 0.1) is 12.8 Å². The van der Waals surface area contributed by atoms with Gasteiger partial charge in [0.25, 0.3) is 0 Å². The number of para-hydroxylation sites is 2. The molecule has 0 aliphatic rings. The molecule has 0 aliphatic heterocycles. The average Bonchev–Trinajstić information content (AvgIpc) is 2.35. The highest BCUT2D eigenvalue weighted by molar-refractivity contribution is 5.57. The summed E-state index contributed by atoms with van der Waals surface area (Å²) in [5.41, 5.74) is 1.32. The second-order valence-electron chi connectivity index (χ2n) is 6.29. The second-order valence-corrected chi connectivity index (χ2v) is 6.29. The van der Waals surface area contributed by atoms with Crippen LogP contribution < -0.4 is 15.0 Å². The van der Waals surface area contributed by atoms with E-state index in [0.29, 0.717) is 5.92 Å². The zero-order valence-electron chi connectivity index (χ0n) is 13.2. The molecule has 1 aromatic carbocycles. The zero-order valence-corrected chi connectivity index (χ0v) is 13.2. The predicted molar refractivity (Wildman–Crippen MR) is 83.2 cm³/mol. The fourth-order valence-corrected chi connectivity index (χ4v) is 2.06. The van der Waals surface area contributed by atoms with Gasteiger partial charge < -0.3 is 15.0 Å². The molecular weight excluding hydrogens is 236 g/mol. The molecule has 0 spiro atoms. The Labute approximate surface area is 118 Å². The number of nitrogens with one attached hydrogen (secondary N) is 1. The lowest BCUT2D eigenvalue weighted by Gasteiger charge is -2.28. The van der Waals surface area contributed by atoms with Crippen molar-refractivity contribution >= 4 is 5.69 Å². The Morgan fingerprint density at radius 3 is 2.47 bits per heavy atom. The van der Waals surface area contributed by atoms with E-state index in [-0.39, 0.29) is 5.54 Å². The number of rotatable bonds is 6. The monoisotopic (exact) mass is 264 g/mol. The van der Waals surface area contributed by atoms with E-state index in [0.717, 1.165) is 24.5 Å². The summed E-state index contributed by atoms with van der Waals surface area (Å²) in [5.74, 6) is 1.51. The Morgan fingerprint density at radius 1 is 1.26 bits per heavy atom. The summed E-state index contributed by atoms with van der Waals surface area (Å²) in [6, 6.07) is 8.15. The van der Waals surface area contributed by atoms with E-state index in [2.05, 4.69) is 51.0 Å². The summed E-state index contributed by atoms with van der Waals surface area (Å²) in [4.78, 5) is 2.26. The van der Waals surface area contributed by atoms with Gasteiger partial charge in [-0.15, -0.1) is 0 Å². The van der Waals surface area contributed by atoms with Gasteiger partial charge >= 0.3 is 0 Å². The van der Waals surface area contributed by atoms with Crippen LogP contribution in [0.15, 0.2) is 24.3 Å². The average molecular weight is 264 g/mol. The normalized spacial score (nSPS) is 13.2. The van der Waals surface area contributed by atoms with Crippen LogP contribution in [0.4, 0.5) is 5.69 Å². The van der Waals surface area contributed by atoms with E-state index in [4.69, 9.17) is 4.74 Å². The zero-order chi connectivity index (χ0) is 14.5. The lowest BCUT2D eigenvalue weighted by Crippen LogP contribution is -2.41. The molecule has 0 aromatic heterocycles. The SMILES string of the molecule is COc1ccccc1N(C)CC(C)CNC(C)(C)C. The molecule has 0 saturated heterocycles. The fourth-order valence-electron chi connectivity index (χ4n) is 2.06. The summed E-state index contributed by atoms with van der Waals surface area (Å²) in [7, 11) is 3.84. The van der Waals surface area contributed by atoms with Gasteiger partial charge in [-0.1, -0.05) is 19.1 Å². The van der Waals surface area contributed by atoms with E-state index in [1.165, 1.54) is 0 Å². The Hall–Kier alpha value is -1.22.